The second-order valence-electron chi connectivity index (χ2n) is 12.0. The predicted octanol–water partition coefficient (Wildman–Crippen LogP) is 5.16. The number of carboxylic acids is 1. The molecule has 32 heavy (non-hydrogen) atoms. The van der Waals surface area contributed by atoms with Crippen LogP contribution in [-0.4, -0.2) is 39.5 Å². The highest BCUT2D eigenvalue weighted by atomic mass is 16.4. The smallest absolute Gasteiger partial charge is 0.303 e. The summed E-state index contributed by atoms with van der Waals surface area (Å²) < 4.78 is 0. The van der Waals surface area contributed by atoms with Crippen molar-refractivity contribution in [2.24, 2.45) is 51.5 Å². The van der Waals surface area contributed by atoms with E-state index in [0.29, 0.717) is 36.0 Å². The number of aliphatic carboxylic acids is 1. The quantitative estimate of drug-likeness (QED) is 0.295. The monoisotopic (exact) mass is 447 g/mol. The third-order valence-corrected chi connectivity index (χ3v) is 10.8. The molecular formula is C25H41N3O4. The summed E-state index contributed by atoms with van der Waals surface area (Å²) in [5.74, 6) is 1.18. The summed E-state index contributed by atoms with van der Waals surface area (Å²) in [7, 11) is 0. The Morgan fingerprint density at radius 1 is 1.16 bits per heavy atom. The van der Waals surface area contributed by atoms with E-state index in [1.54, 1.807) is 0 Å². The molecule has 0 aromatic carbocycles. The minimum absolute atomic E-state index is 0.0307. The first-order valence-corrected chi connectivity index (χ1v) is 12.7. The minimum Gasteiger partial charge on any atom is -0.481 e. The molecule has 11 atom stereocenters. The van der Waals surface area contributed by atoms with Crippen LogP contribution in [0.5, 0.6) is 0 Å². The maximum atomic E-state index is 11.6. The summed E-state index contributed by atoms with van der Waals surface area (Å²) in [5, 5.41) is 36.0. The van der Waals surface area contributed by atoms with E-state index in [-0.39, 0.29) is 41.4 Å². The zero-order valence-electron chi connectivity index (χ0n) is 19.9. The molecule has 4 rings (SSSR count). The van der Waals surface area contributed by atoms with Gasteiger partial charge in [0.15, 0.2) is 0 Å². The van der Waals surface area contributed by atoms with Crippen LogP contribution in [0.25, 0.3) is 10.4 Å². The minimum atomic E-state index is -0.739. The molecule has 0 unspecified atom stereocenters. The highest BCUT2D eigenvalue weighted by Gasteiger charge is 2.65. The Morgan fingerprint density at radius 3 is 2.59 bits per heavy atom. The van der Waals surface area contributed by atoms with Crippen LogP contribution in [0.3, 0.4) is 0 Å². The van der Waals surface area contributed by atoms with Crippen LogP contribution >= 0.6 is 0 Å². The fraction of sp³-hybridized carbons (Fsp3) is 0.960. The second kappa shape index (κ2) is 8.81. The lowest BCUT2D eigenvalue weighted by molar-refractivity contribution is -0.202. The Kier molecular flexibility index (Phi) is 6.56. The number of azide groups is 1. The Balaban J connectivity index is 1.55. The largest absolute Gasteiger partial charge is 0.481 e. The van der Waals surface area contributed by atoms with Crippen LogP contribution in [0.2, 0.25) is 0 Å². The van der Waals surface area contributed by atoms with Gasteiger partial charge in [0.05, 0.1) is 12.2 Å². The van der Waals surface area contributed by atoms with Gasteiger partial charge in [-0.15, -0.1) is 0 Å². The van der Waals surface area contributed by atoms with E-state index in [1.165, 1.54) is 0 Å². The lowest BCUT2D eigenvalue weighted by Crippen LogP contribution is -2.62. The average Bonchev–Trinajstić information content (AvgIpc) is 3.08. The molecule has 0 spiro atoms. The van der Waals surface area contributed by atoms with Crippen LogP contribution in [-0.2, 0) is 4.79 Å². The van der Waals surface area contributed by atoms with Gasteiger partial charge in [0.25, 0.3) is 0 Å². The van der Waals surface area contributed by atoms with Crippen molar-refractivity contribution in [1.29, 1.82) is 0 Å². The van der Waals surface area contributed by atoms with Crippen LogP contribution < -0.4 is 0 Å². The molecule has 0 aromatic rings. The van der Waals surface area contributed by atoms with Crippen molar-refractivity contribution in [3.8, 4) is 0 Å². The summed E-state index contributed by atoms with van der Waals surface area (Å²) in [5.41, 5.74) is 8.75. The van der Waals surface area contributed by atoms with Crippen molar-refractivity contribution < 1.29 is 20.1 Å². The Labute approximate surface area is 191 Å². The Bertz CT molecular complexity index is 770. The van der Waals surface area contributed by atoms with E-state index < -0.39 is 5.97 Å². The number of nitrogens with zero attached hydrogens (tertiary/aromatic N) is 3. The van der Waals surface area contributed by atoms with Crippen LogP contribution in [0, 0.1) is 46.3 Å². The van der Waals surface area contributed by atoms with Crippen LogP contribution in [0.4, 0.5) is 0 Å². The first kappa shape index (κ1) is 23.8. The molecule has 4 aliphatic carbocycles. The zero-order chi connectivity index (χ0) is 23.3. The number of rotatable bonds is 6. The number of aliphatic hydroxyl groups is 2. The maximum Gasteiger partial charge on any atom is 0.303 e. The third kappa shape index (κ3) is 3.74. The van der Waals surface area contributed by atoms with Gasteiger partial charge in [0, 0.05) is 17.4 Å². The van der Waals surface area contributed by atoms with Gasteiger partial charge in [-0.25, -0.2) is 0 Å². The molecule has 7 nitrogen and oxygen atoms in total. The van der Waals surface area contributed by atoms with Crippen molar-refractivity contribution in [1.82, 2.24) is 0 Å². The van der Waals surface area contributed by atoms with Gasteiger partial charge in [-0.2, -0.15) is 0 Å². The number of fused-ring (bicyclic) bond motifs is 5. The highest BCUT2D eigenvalue weighted by molar-refractivity contribution is 5.66. The molecule has 0 bridgehead atoms. The summed E-state index contributed by atoms with van der Waals surface area (Å²) in [6.07, 6.45) is 7.39. The number of hydrogen-bond donors (Lipinski definition) is 3. The van der Waals surface area contributed by atoms with Crippen LogP contribution in [0.1, 0.15) is 85.0 Å². The third-order valence-electron chi connectivity index (χ3n) is 10.8. The van der Waals surface area contributed by atoms with Gasteiger partial charge >= 0.3 is 5.97 Å². The van der Waals surface area contributed by atoms with E-state index >= 15 is 0 Å². The second-order valence-corrected chi connectivity index (χ2v) is 12.0. The van der Waals surface area contributed by atoms with E-state index in [2.05, 4.69) is 30.8 Å². The van der Waals surface area contributed by atoms with Gasteiger partial charge in [-0.05, 0) is 110 Å². The van der Waals surface area contributed by atoms with E-state index in [9.17, 15) is 15.0 Å². The molecule has 0 aromatic heterocycles. The molecule has 0 aliphatic heterocycles. The standard InChI is InChI=1S/C25H41N3O4/c1-14(5-4-6-22(31)32)17-7-8-18-23-19(13-21(30)25(17,18)3)24(2)10-9-16(27-28-26)11-15(24)12-20(23)29/h14-21,23,29-30H,4-13H2,1-3H3,(H,31,32)/t14-,15+,16+,17-,18+,19+,20-,21+,23+,24+,25-/m1/s1. The topological polar surface area (TPSA) is 127 Å². The molecule has 4 saturated carbocycles. The number of aliphatic hydroxyl groups excluding tert-OH is 2. The Morgan fingerprint density at radius 2 is 1.91 bits per heavy atom. The summed E-state index contributed by atoms with van der Waals surface area (Å²) in [6, 6.07) is 0.0307. The molecule has 0 saturated heterocycles. The van der Waals surface area contributed by atoms with Crippen LogP contribution in [0.15, 0.2) is 5.11 Å². The van der Waals surface area contributed by atoms with E-state index in [4.69, 9.17) is 10.6 Å². The average molecular weight is 448 g/mol. The lowest BCUT2D eigenvalue weighted by Gasteiger charge is -2.63. The van der Waals surface area contributed by atoms with Crippen molar-refractivity contribution in [3.05, 3.63) is 10.4 Å². The first-order valence-electron chi connectivity index (χ1n) is 12.7. The van der Waals surface area contributed by atoms with Gasteiger partial charge in [0.1, 0.15) is 0 Å². The van der Waals surface area contributed by atoms with E-state index in [0.717, 1.165) is 51.4 Å². The zero-order valence-corrected chi connectivity index (χ0v) is 19.9. The van der Waals surface area contributed by atoms with Crippen molar-refractivity contribution >= 4 is 5.97 Å². The van der Waals surface area contributed by atoms with Crippen molar-refractivity contribution in [2.75, 3.05) is 0 Å². The SMILES string of the molecule is C[C@H](CCCC(=O)O)[C@H]1CC[C@H]2[C@@H]3[C@H](O)C[C@@H]4C[C@@H](N=[N+]=[N-])CC[C@]4(C)[C@H]3C[C@H](O)[C@]12C. The van der Waals surface area contributed by atoms with Gasteiger partial charge < -0.3 is 15.3 Å². The molecule has 180 valence electrons. The molecule has 4 fully saturated rings. The fourth-order valence-electron chi connectivity index (χ4n) is 9.09. The number of carboxylic acid groups (broad SMARTS) is 1. The first-order chi connectivity index (χ1) is 15.1. The van der Waals surface area contributed by atoms with Gasteiger partial charge in [0.2, 0.25) is 0 Å². The summed E-state index contributed by atoms with van der Waals surface area (Å²) in [6.45, 7) is 6.85. The van der Waals surface area contributed by atoms with Crippen molar-refractivity contribution in [3.63, 3.8) is 0 Å². The van der Waals surface area contributed by atoms with Gasteiger partial charge in [-0.1, -0.05) is 25.9 Å². The molecule has 0 radical (unpaired) electrons. The molecule has 7 heteroatoms. The highest BCUT2D eigenvalue weighted by Crippen LogP contribution is 2.68. The van der Waals surface area contributed by atoms with Gasteiger partial charge in [-0.3, -0.25) is 4.79 Å². The molecule has 4 aliphatic rings. The number of hydrogen-bond acceptors (Lipinski definition) is 4. The fourth-order valence-corrected chi connectivity index (χ4v) is 9.09. The van der Waals surface area contributed by atoms with Crippen molar-refractivity contribution in [2.45, 2.75) is 103 Å². The predicted molar refractivity (Wildman–Crippen MR) is 122 cm³/mol. The lowest BCUT2D eigenvalue weighted by atomic mass is 9.43. The molecular weight excluding hydrogens is 406 g/mol. The normalized spacial score (nSPS) is 48.7. The summed E-state index contributed by atoms with van der Waals surface area (Å²) in [4.78, 5) is 14.0. The maximum absolute atomic E-state index is 11.6. The molecule has 3 N–H and O–H groups in total. The van der Waals surface area contributed by atoms with E-state index in [1.807, 2.05) is 0 Å². The summed E-state index contributed by atoms with van der Waals surface area (Å²) >= 11 is 0. The Hall–Kier alpha value is -1.30. The molecule has 0 amide bonds. The number of carbonyl (C=O) groups is 1. The molecule has 0 heterocycles.